The number of nitriles is 1. The van der Waals surface area contributed by atoms with E-state index in [1.807, 2.05) is 26.0 Å². The predicted octanol–water partition coefficient (Wildman–Crippen LogP) is 2.50. The number of methoxy groups -OCH3 is 1. The first-order valence-corrected chi connectivity index (χ1v) is 6.74. The third-order valence-corrected chi connectivity index (χ3v) is 3.01. The van der Waals surface area contributed by atoms with Crippen LogP contribution in [0.4, 0.5) is 5.69 Å². The molecule has 0 bridgehead atoms. The Balaban J connectivity index is 2.57. The van der Waals surface area contributed by atoms with Crippen LogP contribution < -0.4 is 10.5 Å². The molecule has 0 saturated heterocycles. The minimum Gasteiger partial charge on any atom is -0.491 e. The zero-order chi connectivity index (χ0) is 16.3. The van der Waals surface area contributed by atoms with Crippen LogP contribution in [0, 0.1) is 11.3 Å². The molecule has 1 heterocycles. The van der Waals surface area contributed by atoms with E-state index < -0.39 is 5.97 Å². The van der Waals surface area contributed by atoms with Gasteiger partial charge in [0.15, 0.2) is 5.69 Å². The van der Waals surface area contributed by atoms with Gasteiger partial charge in [-0.3, -0.25) is 0 Å². The van der Waals surface area contributed by atoms with E-state index in [1.165, 1.54) is 17.9 Å². The van der Waals surface area contributed by atoms with Gasteiger partial charge in [0.2, 0.25) is 0 Å². The zero-order valence-electron chi connectivity index (χ0n) is 12.7. The van der Waals surface area contributed by atoms with Crippen LogP contribution in [0.3, 0.4) is 0 Å². The first-order valence-electron chi connectivity index (χ1n) is 6.74. The maximum Gasteiger partial charge on any atom is 0.357 e. The monoisotopic (exact) mass is 299 g/mol. The molecule has 1 aromatic heterocycles. The molecule has 2 rings (SSSR count). The molecule has 0 unspecified atom stereocenters. The lowest BCUT2D eigenvalue weighted by Crippen LogP contribution is -2.11. The molecule has 6 nitrogen and oxygen atoms in total. The maximum absolute atomic E-state index is 12.0. The average Bonchev–Trinajstić information content (AvgIpc) is 2.83. The van der Waals surface area contributed by atoms with E-state index in [2.05, 4.69) is 0 Å². The van der Waals surface area contributed by atoms with Crippen LogP contribution in [0.5, 0.6) is 5.75 Å². The number of nitrogens with two attached hydrogens (primary N) is 1. The number of ether oxygens (including phenoxy) is 2. The smallest absolute Gasteiger partial charge is 0.357 e. The van der Waals surface area contributed by atoms with Crippen LogP contribution in [-0.2, 0) is 4.74 Å². The van der Waals surface area contributed by atoms with E-state index in [1.54, 1.807) is 18.2 Å². The Kier molecular flexibility index (Phi) is 4.37. The molecule has 1 aromatic carbocycles. The summed E-state index contributed by atoms with van der Waals surface area (Å²) in [6, 6.07) is 9.15. The number of esters is 1. The number of hydrogen-bond donors (Lipinski definition) is 1. The predicted molar refractivity (Wildman–Crippen MR) is 82.0 cm³/mol. The number of hydrogen-bond acceptors (Lipinski definition) is 5. The van der Waals surface area contributed by atoms with E-state index in [4.69, 9.17) is 20.5 Å². The molecule has 0 fully saturated rings. The molecule has 0 aliphatic carbocycles. The summed E-state index contributed by atoms with van der Waals surface area (Å²) in [5, 5.41) is 9.11. The number of carbonyl (C=O) groups is 1. The lowest BCUT2D eigenvalue weighted by molar-refractivity contribution is 0.0593. The SMILES string of the molecule is COC(=O)c1c(N)c(C#N)cn1-c1cccc(OC(C)C)c1. The second-order valence-corrected chi connectivity index (χ2v) is 4.94. The summed E-state index contributed by atoms with van der Waals surface area (Å²) in [6.07, 6.45) is 1.54. The second-order valence-electron chi connectivity index (χ2n) is 4.94. The van der Waals surface area contributed by atoms with Crippen molar-refractivity contribution in [1.29, 1.82) is 5.26 Å². The number of carbonyl (C=O) groups excluding carboxylic acids is 1. The molecule has 0 atom stereocenters. The number of anilines is 1. The summed E-state index contributed by atoms with van der Waals surface area (Å²) in [6.45, 7) is 3.85. The molecule has 0 saturated carbocycles. The van der Waals surface area contributed by atoms with E-state index in [0.29, 0.717) is 11.4 Å². The zero-order valence-corrected chi connectivity index (χ0v) is 12.7. The standard InChI is InChI=1S/C16H17N3O3/c1-10(2)22-13-6-4-5-12(7-13)19-9-11(8-17)14(18)15(19)16(20)21-3/h4-7,9-10H,18H2,1-3H3. The summed E-state index contributed by atoms with van der Waals surface area (Å²) in [5.41, 5.74) is 6.98. The molecule has 0 amide bonds. The maximum atomic E-state index is 12.0. The van der Waals surface area contributed by atoms with Crippen LogP contribution in [0.15, 0.2) is 30.5 Å². The molecule has 0 spiro atoms. The first kappa shape index (κ1) is 15.4. The van der Waals surface area contributed by atoms with Gasteiger partial charge in [-0.2, -0.15) is 5.26 Å². The summed E-state index contributed by atoms with van der Waals surface area (Å²) in [7, 11) is 1.27. The van der Waals surface area contributed by atoms with Crippen molar-refractivity contribution in [2.45, 2.75) is 20.0 Å². The summed E-state index contributed by atoms with van der Waals surface area (Å²) in [4.78, 5) is 12.0. The Morgan fingerprint density at radius 2 is 2.14 bits per heavy atom. The van der Waals surface area contributed by atoms with E-state index >= 15 is 0 Å². The third-order valence-electron chi connectivity index (χ3n) is 3.01. The number of aromatic nitrogens is 1. The Hall–Kier alpha value is -2.94. The van der Waals surface area contributed by atoms with E-state index in [9.17, 15) is 4.79 Å². The topological polar surface area (TPSA) is 90.3 Å². The van der Waals surface area contributed by atoms with Gasteiger partial charge < -0.3 is 19.8 Å². The normalized spacial score (nSPS) is 10.3. The van der Waals surface area contributed by atoms with Crippen molar-refractivity contribution in [3.8, 4) is 17.5 Å². The Bertz CT molecular complexity index is 742. The largest absolute Gasteiger partial charge is 0.491 e. The van der Waals surface area contributed by atoms with Gasteiger partial charge in [0, 0.05) is 18.0 Å². The molecule has 0 aliphatic heterocycles. The van der Waals surface area contributed by atoms with Crippen molar-refractivity contribution in [1.82, 2.24) is 4.57 Å². The summed E-state index contributed by atoms with van der Waals surface area (Å²) >= 11 is 0. The van der Waals surface area contributed by atoms with Gasteiger partial charge in [0.05, 0.1) is 24.5 Å². The van der Waals surface area contributed by atoms with Gasteiger partial charge in [-0.25, -0.2) is 4.79 Å². The quantitative estimate of drug-likeness (QED) is 0.876. The molecule has 0 radical (unpaired) electrons. The molecule has 2 aromatic rings. The highest BCUT2D eigenvalue weighted by Crippen LogP contribution is 2.26. The fourth-order valence-corrected chi connectivity index (χ4v) is 2.10. The van der Waals surface area contributed by atoms with Crippen molar-refractivity contribution in [2.75, 3.05) is 12.8 Å². The van der Waals surface area contributed by atoms with E-state index in [-0.39, 0.29) is 23.0 Å². The Labute approximate surface area is 128 Å². The number of nitrogens with zero attached hydrogens (tertiary/aromatic N) is 2. The van der Waals surface area contributed by atoms with Crippen LogP contribution in [-0.4, -0.2) is 23.8 Å². The van der Waals surface area contributed by atoms with Gasteiger partial charge in [-0.15, -0.1) is 0 Å². The Morgan fingerprint density at radius 1 is 1.41 bits per heavy atom. The van der Waals surface area contributed by atoms with Crippen molar-refractivity contribution in [2.24, 2.45) is 0 Å². The fraction of sp³-hybridized carbons (Fsp3) is 0.250. The molecular weight excluding hydrogens is 282 g/mol. The highest BCUT2D eigenvalue weighted by Gasteiger charge is 2.21. The highest BCUT2D eigenvalue weighted by molar-refractivity contribution is 5.95. The highest BCUT2D eigenvalue weighted by atomic mass is 16.5. The Morgan fingerprint density at radius 3 is 2.73 bits per heavy atom. The first-order chi connectivity index (χ1) is 10.5. The van der Waals surface area contributed by atoms with Crippen molar-refractivity contribution in [3.05, 3.63) is 41.7 Å². The molecule has 0 aliphatic rings. The second kappa shape index (κ2) is 6.22. The minimum atomic E-state index is -0.603. The summed E-state index contributed by atoms with van der Waals surface area (Å²) in [5.74, 6) is 0.0586. The van der Waals surface area contributed by atoms with Gasteiger partial charge in [-0.05, 0) is 26.0 Å². The van der Waals surface area contributed by atoms with E-state index in [0.717, 1.165) is 0 Å². The van der Waals surface area contributed by atoms with Crippen molar-refractivity contribution < 1.29 is 14.3 Å². The van der Waals surface area contributed by atoms with Gasteiger partial charge in [-0.1, -0.05) is 6.07 Å². The number of rotatable bonds is 4. The molecular formula is C16H17N3O3. The van der Waals surface area contributed by atoms with Gasteiger partial charge >= 0.3 is 5.97 Å². The van der Waals surface area contributed by atoms with Crippen LogP contribution in [0.25, 0.3) is 5.69 Å². The lowest BCUT2D eigenvalue weighted by Gasteiger charge is -2.13. The van der Waals surface area contributed by atoms with Gasteiger partial charge in [0.1, 0.15) is 11.8 Å². The number of nitrogen functional groups attached to an aromatic ring is 1. The van der Waals surface area contributed by atoms with Crippen molar-refractivity contribution >= 4 is 11.7 Å². The van der Waals surface area contributed by atoms with Crippen molar-refractivity contribution in [3.63, 3.8) is 0 Å². The molecule has 6 heteroatoms. The van der Waals surface area contributed by atoms with Crippen LogP contribution in [0.2, 0.25) is 0 Å². The molecule has 2 N–H and O–H groups in total. The minimum absolute atomic E-state index is 0.0275. The molecule has 114 valence electrons. The number of benzene rings is 1. The van der Waals surface area contributed by atoms with Crippen LogP contribution >= 0.6 is 0 Å². The average molecular weight is 299 g/mol. The van der Waals surface area contributed by atoms with Crippen LogP contribution in [0.1, 0.15) is 29.9 Å². The third kappa shape index (κ3) is 2.88. The lowest BCUT2D eigenvalue weighted by atomic mass is 10.2. The molecule has 22 heavy (non-hydrogen) atoms. The fourth-order valence-electron chi connectivity index (χ4n) is 2.10. The summed E-state index contributed by atoms with van der Waals surface area (Å²) < 4.78 is 11.9. The van der Waals surface area contributed by atoms with Gasteiger partial charge in [0.25, 0.3) is 0 Å².